The van der Waals surface area contributed by atoms with Gasteiger partial charge in [0.05, 0.1) is 12.0 Å². The van der Waals surface area contributed by atoms with E-state index in [1.807, 2.05) is 42.2 Å². The Labute approximate surface area is 156 Å². The first-order chi connectivity index (χ1) is 11.6. The summed E-state index contributed by atoms with van der Waals surface area (Å²) in [6, 6.07) is 9.92. The molecular formula is C19H30ClN3O2. The number of hydrogen-bond donors (Lipinski definition) is 2. The lowest BCUT2D eigenvalue weighted by atomic mass is 10.1. The third-order valence-electron chi connectivity index (χ3n) is 4.82. The molecule has 1 aliphatic heterocycles. The second kappa shape index (κ2) is 10.4. The average Bonchev–Trinajstić information content (AvgIpc) is 3.00. The highest BCUT2D eigenvalue weighted by atomic mass is 35.5. The number of halogens is 1. The minimum Gasteiger partial charge on any atom is -0.352 e. The van der Waals surface area contributed by atoms with Crippen LogP contribution in [0.15, 0.2) is 30.3 Å². The zero-order valence-electron chi connectivity index (χ0n) is 15.1. The molecule has 5 nitrogen and oxygen atoms in total. The molecule has 0 aliphatic carbocycles. The van der Waals surface area contributed by atoms with Crippen LogP contribution in [0.3, 0.4) is 0 Å². The minimum atomic E-state index is -0.278. The van der Waals surface area contributed by atoms with Gasteiger partial charge in [0, 0.05) is 25.6 Å². The van der Waals surface area contributed by atoms with E-state index < -0.39 is 0 Å². The maximum absolute atomic E-state index is 12.5. The molecule has 1 aromatic rings. The summed E-state index contributed by atoms with van der Waals surface area (Å²) in [6.07, 6.45) is 3.30. The molecule has 0 saturated carbocycles. The third-order valence-corrected chi connectivity index (χ3v) is 4.82. The molecule has 3 unspecified atom stereocenters. The lowest BCUT2D eigenvalue weighted by molar-refractivity contribution is -0.130. The fourth-order valence-corrected chi connectivity index (χ4v) is 3.21. The number of amides is 2. The summed E-state index contributed by atoms with van der Waals surface area (Å²) in [4.78, 5) is 26.6. The lowest BCUT2D eigenvalue weighted by Crippen LogP contribution is -2.43. The molecule has 0 aromatic heterocycles. The van der Waals surface area contributed by atoms with Crippen molar-refractivity contribution in [2.24, 2.45) is 11.7 Å². The van der Waals surface area contributed by atoms with Gasteiger partial charge in [-0.15, -0.1) is 12.4 Å². The van der Waals surface area contributed by atoms with Gasteiger partial charge < -0.3 is 16.0 Å². The molecule has 3 N–H and O–H groups in total. The summed E-state index contributed by atoms with van der Waals surface area (Å²) in [7, 11) is 0. The Bertz CT molecular complexity index is 553. The molecule has 6 heteroatoms. The van der Waals surface area contributed by atoms with Gasteiger partial charge in [0.25, 0.3) is 0 Å². The van der Waals surface area contributed by atoms with Crippen LogP contribution in [0, 0.1) is 5.92 Å². The van der Waals surface area contributed by atoms with E-state index in [0.29, 0.717) is 13.1 Å². The van der Waals surface area contributed by atoms with Gasteiger partial charge in [-0.05, 0) is 18.9 Å². The molecule has 2 amide bonds. The molecule has 2 rings (SSSR count). The van der Waals surface area contributed by atoms with Gasteiger partial charge in [0.2, 0.25) is 11.8 Å². The number of rotatable bonds is 8. The van der Waals surface area contributed by atoms with Crippen LogP contribution >= 0.6 is 12.4 Å². The first kappa shape index (κ1) is 21.5. The number of nitrogens with two attached hydrogens (primary N) is 1. The van der Waals surface area contributed by atoms with Crippen LogP contribution in [0.4, 0.5) is 0 Å². The Morgan fingerprint density at radius 1 is 1.36 bits per heavy atom. The molecule has 140 valence electrons. The number of hydrogen-bond acceptors (Lipinski definition) is 3. The predicted molar refractivity (Wildman–Crippen MR) is 102 cm³/mol. The van der Waals surface area contributed by atoms with Crippen molar-refractivity contribution in [3.05, 3.63) is 35.9 Å². The van der Waals surface area contributed by atoms with E-state index in [4.69, 9.17) is 5.73 Å². The van der Waals surface area contributed by atoms with Gasteiger partial charge in [-0.3, -0.25) is 9.59 Å². The molecule has 1 saturated heterocycles. The van der Waals surface area contributed by atoms with Crippen LogP contribution in [0.2, 0.25) is 0 Å². The summed E-state index contributed by atoms with van der Waals surface area (Å²) < 4.78 is 0. The molecule has 1 fully saturated rings. The van der Waals surface area contributed by atoms with E-state index in [1.54, 1.807) is 0 Å². The smallest absolute Gasteiger partial charge is 0.225 e. The fraction of sp³-hybridized carbons (Fsp3) is 0.579. The highest BCUT2D eigenvalue weighted by Gasteiger charge is 2.37. The molecule has 1 aromatic carbocycles. The van der Waals surface area contributed by atoms with Gasteiger partial charge in [-0.25, -0.2) is 0 Å². The molecule has 25 heavy (non-hydrogen) atoms. The molecule has 1 heterocycles. The molecule has 0 radical (unpaired) electrons. The van der Waals surface area contributed by atoms with Crippen molar-refractivity contribution in [1.29, 1.82) is 0 Å². The number of nitrogens with zero attached hydrogens (tertiary/aromatic N) is 1. The summed E-state index contributed by atoms with van der Waals surface area (Å²) >= 11 is 0. The Morgan fingerprint density at radius 2 is 2.04 bits per heavy atom. The van der Waals surface area contributed by atoms with Crippen LogP contribution < -0.4 is 11.1 Å². The largest absolute Gasteiger partial charge is 0.352 e. The van der Waals surface area contributed by atoms with Crippen LogP contribution in [0.25, 0.3) is 0 Å². The second-order valence-corrected chi connectivity index (χ2v) is 6.62. The number of benzene rings is 1. The molecule has 0 bridgehead atoms. The van der Waals surface area contributed by atoms with E-state index in [1.165, 1.54) is 0 Å². The van der Waals surface area contributed by atoms with E-state index in [-0.39, 0.29) is 48.6 Å². The number of likely N-dealkylation sites (tertiary alicyclic amines) is 1. The quantitative estimate of drug-likeness (QED) is 0.741. The van der Waals surface area contributed by atoms with Crippen LogP contribution in [0.1, 0.15) is 51.1 Å². The van der Waals surface area contributed by atoms with Gasteiger partial charge in [-0.2, -0.15) is 0 Å². The predicted octanol–water partition coefficient (Wildman–Crippen LogP) is 2.65. The van der Waals surface area contributed by atoms with Crippen molar-refractivity contribution in [2.45, 2.75) is 51.6 Å². The lowest BCUT2D eigenvalue weighted by Gasteiger charge is -2.25. The van der Waals surface area contributed by atoms with Crippen LogP contribution in [0.5, 0.6) is 0 Å². The topological polar surface area (TPSA) is 75.4 Å². The first-order valence-electron chi connectivity index (χ1n) is 8.91. The van der Waals surface area contributed by atoms with Crippen molar-refractivity contribution in [3.63, 3.8) is 0 Å². The summed E-state index contributed by atoms with van der Waals surface area (Å²) in [5.74, 6) is -0.277. The van der Waals surface area contributed by atoms with Crippen molar-refractivity contribution in [3.8, 4) is 0 Å². The van der Waals surface area contributed by atoms with Gasteiger partial charge in [0.15, 0.2) is 0 Å². The Morgan fingerprint density at radius 3 is 2.64 bits per heavy atom. The highest BCUT2D eigenvalue weighted by molar-refractivity contribution is 5.89. The van der Waals surface area contributed by atoms with Crippen LogP contribution in [-0.4, -0.2) is 35.8 Å². The summed E-state index contributed by atoms with van der Waals surface area (Å²) in [5, 5.41) is 3.02. The maximum Gasteiger partial charge on any atom is 0.225 e. The molecule has 3 atom stereocenters. The van der Waals surface area contributed by atoms with Crippen molar-refractivity contribution >= 4 is 24.2 Å². The van der Waals surface area contributed by atoms with E-state index in [2.05, 4.69) is 12.2 Å². The minimum absolute atomic E-state index is 0. The van der Waals surface area contributed by atoms with Gasteiger partial charge in [-0.1, -0.05) is 50.1 Å². The van der Waals surface area contributed by atoms with Gasteiger partial charge in [0.1, 0.15) is 0 Å². The number of carbonyl (C=O) groups excluding carboxylic acids is 2. The standard InChI is InChI=1S/C19H29N3O2.ClH/c1-3-4-10-17(12-20)21-19(24)16-11-18(23)22(13-16)14(2)15-8-6-5-7-9-15;/h5-9,14,16-17H,3-4,10-13,20H2,1-2H3,(H,21,24);1H. The van der Waals surface area contributed by atoms with Crippen molar-refractivity contribution < 1.29 is 9.59 Å². The normalized spacial score (nSPS) is 19.2. The number of nitrogens with one attached hydrogen (secondary N) is 1. The SMILES string of the molecule is CCCCC(CN)NC(=O)C1CC(=O)N(C(C)c2ccccc2)C1.Cl. The van der Waals surface area contributed by atoms with Crippen molar-refractivity contribution in [2.75, 3.05) is 13.1 Å². The zero-order chi connectivity index (χ0) is 17.5. The number of carbonyl (C=O) groups is 2. The maximum atomic E-state index is 12.5. The van der Waals surface area contributed by atoms with Crippen molar-refractivity contribution in [1.82, 2.24) is 10.2 Å². The Balaban J connectivity index is 0.00000312. The highest BCUT2D eigenvalue weighted by Crippen LogP contribution is 2.28. The summed E-state index contributed by atoms with van der Waals surface area (Å²) in [6.45, 7) is 5.05. The molecular weight excluding hydrogens is 338 g/mol. The third kappa shape index (κ3) is 5.72. The van der Waals surface area contributed by atoms with Gasteiger partial charge >= 0.3 is 0 Å². The van der Waals surface area contributed by atoms with Crippen LogP contribution in [-0.2, 0) is 9.59 Å². The number of unbranched alkanes of at least 4 members (excludes halogenated alkanes) is 1. The average molecular weight is 368 g/mol. The zero-order valence-corrected chi connectivity index (χ0v) is 15.9. The Kier molecular flexibility index (Phi) is 8.93. The Hall–Kier alpha value is -1.59. The monoisotopic (exact) mass is 367 g/mol. The molecule has 1 aliphatic rings. The fourth-order valence-electron chi connectivity index (χ4n) is 3.21. The first-order valence-corrected chi connectivity index (χ1v) is 8.91. The second-order valence-electron chi connectivity index (χ2n) is 6.62. The molecule has 0 spiro atoms. The van der Waals surface area contributed by atoms with E-state index >= 15 is 0 Å². The van der Waals surface area contributed by atoms with E-state index in [9.17, 15) is 9.59 Å². The van der Waals surface area contributed by atoms with E-state index in [0.717, 1.165) is 24.8 Å². The summed E-state index contributed by atoms with van der Waals surface area (Å²) in [5.41, 5.74) is 6.84.